The molecule has 2 saturated carbocycles. The first-order valence-electron chi connectivity index (χ1n) is 7.90. The smallest absolute Gasteiger partial charge is 0.375 e. The van der Waals surface area contributed by atoms with Crippen molar-refractivity contribution in [2.75, 3.05) is 0 Å². The second-order valence-corrected chi connectivity index (χ2v) is 6.94. The Morgan fingerprint density at radius 3 is 1.96 bits per heavy atom. The van der Waals surface area contributed by atoms with E-state index in [4.69, 9.17) is 4.74 Å². The molecule has 2 fully saturated rings. The summed E-state index contributed by atoms with van der Waals surface area (Å²) >= 11 is 0. The van der Waals surface area contributed by atoms with Crippen LogP contribution in [0.5, 0.6) is 0 Å². The minimum Gasteiger partial charge on any atom is -0.375 e. The maximum Gasteiger partial charge on any atom is 0.426 e. The second kappa shape index (κ2) is 6.10. The van der Waals surface area contributed by atoms with E-state index in [0.29, 0.717) is 12.8 Å². The fourth-order valence-corrected chi connectivity index (χ4v) is 3.92. The molecule has 0 heterocycles. The molecule has 0 aromatic carbocycles. The van der Waals surface area contributed by atoms with Crippen molar-refractivity contribution in [1.82, 2.24) is 0 Å². The van der Waals surface area contributed by atoms with Crippen LogP contribution in [0, 0.1) is 17.8 Å². The standard InChI is InChI=1S/C15H22F6O2/c1-3-8(2)23-12-6-9-4-10(12)5-11(9)7-13(22,14(16,17)18)15(19,20)21/h8-12,22H,3-7H2,1-2H3. The van der Waals surface area contributed by atoms with Crippen LogP contribution in [-0.2, 0) is 4.74 Å². The van der Waals surface area contributed by atoms with Crippen molar-refractivity contribution in [3.8, 4) is 0 Å². The monoisotopic (exact) mass is 348 g/mol. The van der Waals surface area contributed by atoms with Crippen molar-refractivity contribution in [2.45, 2.75) is 76.1 Å². The van der Waals surface area contributed by atoms with E-state index in [1.165, 1.54) is 0 Å². The molecule has 23 heavy (non-hydrogen) atoms. The molecule has 2 bridgehead atoms. The Morgan fingerprint density at radius 1 is 1.00 bits per heavy atom. The highest BCUT2D eigenvalue weighted by Crippen LogP contribution is 2.56. The predicted molar refractivity (Wildman–Crippen MR) is 70.6 cm³/mol. The number of aliphatic hydroxyl groups is 1. The summed E-state index contributed by atoms with van der Waals surface area (Å²) in [5, 5.41) is 9.34. The molecule has 2 aliphatic rings. The first-order chi connectivity index (χ1) is 10.4. The number of ether oxygens (including phenoxy) is 1. The lowest BCUT2D eigenvalue weighted by atomic mass is 9.78. The van der Waals surface area contributed by atoms with Crippen LogP contribution in [0.1, 0.15) is 46.0 Å². The zero-order chi connectivity index (χ0) is 17.6. The maximum atomic E-state index is 12.8. The SMILES string of the molecule is CCC(C)OC1CC2CC1CC2CC(O)(C(F)(F)F)C(F)(F)F. The minimum absolute atomic E-state index is 0.00952. The van der Waals surface area contributed by atoms with Gasteiger partial charge in [-0.2, -0.15) is 26.3 Å². The molecule has 5 atom stereocenters. The molecule has 1 N–H and O–H groups in total. The van der Waals surface area contributed by atoms with Crippen molar-refractivity contribution in [2.24, 2.45) is 17.8 Å². The largest absolute Gasteiger partial charge is 0.426 e. The van der Waals surface area contributed by atoms with E-state index in [2.05, 4.69) is 0 Å². The number of hydrogen-bond donors (Lipinski definition) is 1. The van der Waals surface area contributed by atoms with E-state index in [1.807, 2.05) is 13.8 Å². The molecule has 2 aliphatic carbocycles. The Balaban J connectivity index is 2.04. The first kappa shape index (κ1) is 18.8. The summed E-state index contributed by atoms with van der Waals surface area (Å²) in [5.41, 5.74) is -4.62. The minimum atomic E-state index is -5.72. The summed E-state index contributed by atoms with van der Waals surface area (Å²) in [6.07, 6.45) is -10.7. The summed E-state index contributed by atoms with van der Waals surface area (Å²) < 4.78 is 82.6. The maximum absolute atomic E-state index is 12.8. The molecule has 0 radical (unpaired) electrons. The van der Waals surface area contributed by atoms with Gasteiger partial charge in [0.15, 0.2) is 0 Å². The zero-order valence-corrected chi connectivity index (χ0v) is 13.0. The predicted octanol–water partition coefficient (Wildman–Crippen LogP) is 4.46. The van der Waals surface area contributed by atoms with Gasteiger partial charge in [-0.1, -0.05) is 6.92 Å². The normalized spacial score (nSPS) is 33.3. The Morgan fingerprint density at radius 2 is 1.57 bits per heavy atom. The molecular weight excluding hydrogens is 326 g/mol. The van der Waals surface area contributed by atoms with Crippen LogP contribution < -0.4 is 0 Å². The number of halogens is 6. The van der Waals surface area contributed by atoms with Crippen LogP contribution in [-0.4, -0.2) is 35.3 Å². The third-order valence-electron chi connectivity index (χ3n) is 5.42. The lowest BCUT2D eigenvalue weighted by Crippen LogP contribution is -2.58. The fourth-order valence-electron chi connectivity index (χ4n) is 3.92. The molecule has 2 rings (SSSR count). The highest BCUT2D eigenvalue weighted by atomic mass is 19.4. The Kier molecular flexibility index (Phi) is 4.99. The molecule has 0 amide bonds. The molecule has 0 spiro atoms. The summed E-state index contributed by atoms with van der Waals surface area (Å²) in [6.45, 7) is 3.85. The third kappa shape index (κ3) is 3.48. The van der Waals surface area contributed by atoms with Crippen LogP contribution in [0.3, 0.4) is 0 Å². The van der Waals surface area contributed by atoms with Gasteiger partial charge in [-0.25, -0.2) is 0 Å². The zero-order valence-electron chi connectivity index (χ0n) is 13.0. The molecular formula is C15H22F6O2. The van der Waals surface area contributed by atoms with Crippen LogP contribution in [0.4, 0.5) is 26.3 Å². The van der Waals surface area contributed by atoms with Crippen molar-refractivity contribution in [1.29, 1.82) is 0 Å². The van der Waals surface area contributed by atoms with E-state index in [-0.39, 0.29) is 30.5 Å². The lowest BCUT2D eigenvalue weighted by Gasteiger charge is -2.37. The molecule has 5 unspecified atom stereocenters. The molecule has 0 aromatic heterocycles. The van der Waals surface area contributed by atoms with Gasteiger partial charge < -0.3 is 9.84 Å². The number of rotatable bonds is 5. The van der Waals surface area contributed by atoms with Gasteiger partial charge in [0.2, 0.25) is 0 Å². The van der Waals surface area contributed by atoms with Gasteiger partial charge in [-0.3, -0.25) is 0 Å². The average Bonchev–Trinajstić information content (AvgIpc) is 2.95. The number of alkyl halides is 6. The average molecular weight is 348 g/mol. The van der Waals surface area contributed by atoms with E-state index in [0.717, 1.165) is 6.42 Å². The van der Waals surface area contributed by atoms with Gasteiger partial charge in [-0.05, 0) is 56.8 Å². The number of fused-ring (bicyclic) bond motifs is 2. The summed E-state index contributed by atoms with van der Waals surface area (Å²) in [5.74, 6) is -1.03. The van der Waals surface area contributed by atoms with E-state index in [9.17, 15) is 31.4 Å². The first-order valence-corrected chi connectivity index (χ1v) is 7.90. The molecule has 0 saturated heterocycles. The van der Waals surface area contributed by atoms with Crippen LogP contribution in [0.25, 0.3) is 0 Å². The highest BCUT2D eigenvalue weighted by molar-refractivity contribution is 5.02. The number of hydrogen-bond acceptors (Lipinski definition) is 2. The van der Waals surface area contributed by atoms with Crippen LogP contribution in [0.2, 0.25) is 0 Å². The van der Waals surface area contributed by atoms with Gasteiger partial charge in [0.1, 0.15) is 0 Å². The van der Waals surface area contributed by atoms with Crippen LogP contribution >= 0.6 is 0 Å². The van der Waals surface area contributed by atoms with E-state index < -0.39 is 30.3 Å². The quantitative estimate of drug-likeness (QED) is 0.743. The Hall–Kier alpha value is -0.500. The second-order valence-electron chi connectivity index (χ2n) is 6.94. The summed E-state index contributed by atoms with van der Waals surface area (Å²) in [7, 11) is 0. The van der Waals surface area contributed by atoms with Gasteiger partial charge >= 0.3 is 12.4 Å². The molecule has 2 nitrogen and oxygen atoms in total. The molecule has 8 heteroatoms. The van der Waals surface area contributed by atoms with Gasteiger partial charge in [0, 0.05) is 0 Å². The molecule has 0 aromatic rings. The van der Waals surface area contributed by atoms with Gasteiger partial charge in [0.25, 0.3) is 5.60 Å². The highest BCUT2D eigenvalue weighted by Gasteiger charge is 2.71. The third-order valence-corrected chi connectivity index (χ3v) is 5.42. The topological polar surface area (TPSA) is 29.5 Å². The van der Waals surface area contributed by atoms with Crippen molar-refractivity contribution < 1.29 is 36.2 Å². The summed E-state index contributed by atoms with van der Waals surface area (Å²) in [6, 6.07) is 0. The Labute approximate surface area is 131 Å². The van der Waals surface area contributed by atoms with E-state index >= 15 is 0 Å². The molecule has 0 aliphatic heterocycles. The van der Waals surface area contributed by atoms with Gasteiger partial charge in [0.05, 0.1) is 12.2 Å². The van der Waals surface area contributed by atoms with Crippen molar-refractivity contribution in [3.63, 3.8) is 0 Å². The van der Waals surface area contributed by atoms with Crippen LogP contribution in [0.15, 0.2) is 0 Å². The molecule has 136 valence electrons. The summed E-state index contributed by atoms with van der Waals surface area (Å²) in [4.78, 5) is 0. The lowest BCUT2D eigenvalue weighted by molar-refractivity contribution is -0.373. The Bertz CT molecular complexity index is 405. The van der Waals surface area contributed by atoms with Crippen molar-refractivity contribution >= 4 is 0 Å². The van der Waals surface area contributed by atoms with Crippen molar-refractivity contribution in [3.05, 3.63) is 0 Å². The van der Waals surface area contributed by atoms with Gasteiger partial charge in [-0.15, -0.1) is 0 Å². The van der Waals surface area contributed by atoms with E-state index in [1.54, 1.807) is 0 Å². The fraction of sp³-hybridized carbons (Fsp3) is 1.00.